The first kappa shape index (κ1) is 21.3. The van der Waals surface area contributed by atoms with Gasteiger partial charge in [0.2, 0.25) is 0 Å². The highest BCUT2D eigenvalue weighted by molar-refractivity contribution is 14.1. The number of nitrogens with zero attached hydrogens (tertiary/aromatic N) is 2. The molecule has 0 atom stereocenters. The number of fused-ring (bicyclic) bond motifs is 1. The van der Waals surface area contributed by atoms with Crippen LogP contribution in [0, 0.1) is 11.6 Å². The molecule has 158 valence electrons. The van der Waals surface area contributed by atoms with Gasteiger partial charge < -0.3 is 10.7 Å². The van der Waals surface area contributed by atoms with Crippen molar-refractivity contribution in [2.45, 2.75) is 13.5 Å². The molecule has 31 heavy (non-hydrogen) atoms. The SMILES string of the molecule is CCn1nc(C(/C=C\N)=C/CI)cc1-c1ccc2[nH]c(-c3c(F)cccc3F)cc2c1. The largest absolute Gasteiger partial charge is 0.405 e. The zero-order valence-electron chi connectivity index (χ0n) is 16.9. The summed E-state index contributed by atoms with van der Waals surface area (Å²) >= 11 is 2.28. The molecule has 0 unspecified atom stereocenters. The molecule has 0 aliphatic carbocycles. The number of allylic oxidation sites excluding steroid dienone is 3. The van der Waals surface area contributed by atoms with Crippen LogP contribution in [0.5, 0.6) is 0 Å². The lowest BCUT2D eigenvalue weighted by atomic mass is 10.1. The van der Waals surface area contributed by atoms with Gasteiger partial charge in [0.05, 0.1) is 22.6 Å². The predicted molar refractivity (Wildman–Crippen MR) is 131 cm³/mol. The van der Waals surface area contributed by atoms with E-state index in [1.165, 1.54) is 24.4 Å². The Kier molecular flexibility index (Phi) is 6.22. The van der Waals surface area contributed by atoms with Gasteiger partial charge in [-0.1, -0.05) is 40.8 Å². The molecule has 0 aliphatic rings. The first-order chi connectivity index (χ1) is 15.0. The van der Waals surface area contributed by atoms with Gasteiger partial charge in [0.15, 0.2) is 0 Å². The van der Waals surface area contributed by atoms with E-state index < -0.39 is 11.6 Å². The number of aryl methyl sites for hydroxylation is 1. The number of alkyl halides is 1. The monoisotopic (exact) mass is 530 g/mol. The fraction of sp³-hybridized carbons (Fsp3) is 0.125. The van der Waals surface area contributed by atoms with Gasteiger partial charge in [-0.2, -0.15) is 5.10 Å². The maximum Gasteiger partial charge on any atom is 0.135 e. The molecule has 0 saturated carbocycles. The Balaban J connectivity index is 1.80. The van der Waals surface area contributed by atoms with Crippen molar-refractivity contribution in [2.75, 3.05) is 4.43 Å². The Hall–Kier alpha value is -2.94. The molecule has 7 heteroatoms. The Morgan fingerprint density at radius 3 is 2.61 bits per heavy atom. The van der Waals surface area contributed by atoms with Crippen molar-refractivity contribution in [2.24, 2.45) is 5.73 Å². The Morgan fingerprint density at radius 2 is 1.94 bits per heavy atom. The third kappa shape index (κ3) is 4.14. The van der Waals surface area contributed by atoms with E-state index in [9.17, 15) is 8.78 Å². The topological polar surface area (TPSA) is 59.6 Å². The highest BCUT2D eigenvalue weighted by Crippen LogP contribution is 2.32. The minimum atomic E-state index is -0.594. The van der Waals surface area contributed by atoms with Crippen molar-refractivity contribution in [1.82, 2.24) is 14.8 Å². The summed E-state index contributed by atoms with van der Waals surface area (Å²) < 4.78 is 31.2. The Labute approximate surface area is 192 Å². The fourth-order valence-electron chi connectivity index (χ4n) is 3.66. The summed E-state index contributed by atoms with van der Waals surface area (Å²) in [7, 11) is 0. The average molecular weight is 530 g/mol. The van der Waals surface area contributed by atoms with Crippen LogP contribution >= 0.6 is 22.6 Å². The lowest BCUT2D eigenvalue weighted by molar-refractivity contribution is 0.589. The van der Waals surface area contributed by atoms with Crippen molar-refractivity contribution in [1.29, 1.82) is 0 Å². The summed E-state index contributed by atoms with van der Waals surface area (Å²) in [5.74, 6) is -1.19. The summed E-state index contributed by atoms with van der Waals surface area (Å²) in [6, 6.07) is 13.6. The molecule has 3 N–H and O–H groups in total. The van der Waals surface area contributed by atoms with Crippen LogP contribution in [0.1, 0.15) is 12.6 Å². The molecule has 0 amide bonds. The first-order valence-electron chi connectivity index (χ1n) is 9.85. The molecule has 0 bridgehead atoms. The van der Waals surface area contributed by atoms with E-state index in [4.69, 9.17) is 10.8 Å². The summed E-state index contributed by atoms with van der Waals surface area (Å²) in [4.78, 5) is 3.12. The van der Waals surface area contributed by atoms with Crippen LogP contribution < -0.4 is 5.73 Å². The molecule has 0 fully saturated rings. The van der Waals surface area contributed by atoms with Gasteiger partial charge in [-0.3, -0.25) is 4.68 Å². The van der Waals surface area contributed by atoms with Crippen LogP contribution in [0.15, 0.2) is 66.9 Å². The second kappa shape index (κ2) is 9.05. The molecule has 4 nitrogen and oxygen atoms in total. The van der Waals surface area contributed by atoms with E-state index in [0.717, 1.165) is 37.9 Å². The molecule has 0 aliphatic heterocycles. The average Bonchev–Trinajstić information content (AvgIpc) is 3.37. The van der Waals surface area contributed by atoms with Crippen molar-refractivity contribution in [3.63, 3.8) is 0 Å². The van der Waals surface area contributed by atoms with Gasteiger partial charge in [0.1, 0.15) is 11.6 Å². The van der Waals surface area contributed by atoms with Crippen molar-refractivity contribution in [3.05, 3.63) is 84.2 Å². The molecular weight excluding hydrogens is 509 g/mol. The summed E-state index contributed by atoms with van der Waals surface area (Å²) in [6.07, 6.45) is 5.42. The van der Waals surface area contributed by atoms with Crippen LogP contribution in [-0.2, 0) is 6.54 Å². The second-order valence-corrected chi connectivity index (χ2v) is 7.87. The number of aromatic nitrogens is 3. The van der Waals surface area contributed by atoms with Crippen LogP contribution in [0.3, 0.4) is 0 Å². The van der Waals surface area contributed by atoms with Crippen LogP contribution in [0.4, 0.5) is 8.78 Å². The number of halogens is 3. The summed E-state index contributed by atoms with van der Waals surface area (Å²) in [6.45, 7) is 2.74. The van der Waals surface area contributed by atoms with E-state index in [1.807, 2.05) is 41.9 Å². The lowest BCUT2D eigenvalue weighted by Gasteiger charge is -2.04. The van der Waals surface area contributed by atoms with Gasteiger partial charge in [-0.15, -0.1) is 0 Å². The van der Waals surface area contributed by atoms with Crippen molar-refractivity contribution >= 4 is 39.1 Å². The smallest absolute Gasteiger partial charge is 0.135 e. The van der Waals surface area contributed by atoms with Crippen molar-refractivity contribution in [3.8, 4) is 22.5 Å². The van der Waals surface area contributed by atoms with Crippen LogP contribution in [0.25, 0.3) is 39.0 Å². The van der Waals surface area contributed by atoms with Gasteiger partial charge in [0, 0.05) is 33.0 Å². The molecule has 2 aromatic carbocycles. The maximum atomic E-state index is 14.2. The summed E-state index contributed by atoms with van der Waals surface area (Å²) in [5, 5.41) is 5.60. The molecule has 0 radical (unpaired) electrons. The lowest BCUT2D eigenvalue weighted by Crippen LogP contribution is -1.99. The normalized spacial score (nSPS) is 12.3. The third-order valence-corrected chi connectivity index (χ3v) is 5.54. The predicted octanol–water partition coefficient (Wildman–Crippen LogP) is 6.29. The maximum absolute atomic E-state index is 14.2. The molecule has 0 spiro atoms. The minimum absolute atomic E-state index is 0.0525. The van der Waals surface area contributed by atoms with Crippen molar-refractivity contribution < 1.29 is 8.78 Å². The van der Waals surface area contributed by atoms with E-state index in [1.54, 1.807) is 6.07 Å². The number of benzene rings is 2. The summed E-state index contributed by atoms with van der Waals surface area (Å²) in [5.41, 5.74) is 10.5. The highest BCUT2D eigenvalue weighted by Gasteiger charge is 2.15. The van der Waals surface area contributed by atoms with E-state index in [-0.39, 0.29) is 5.56 Å². The van der Waals surface area contributed by atoms with Crippen LogP contribution in [-0.4, -0.2) is 19.2 Å². The zero-order valence-corrected chi connectivity index (χ0v) is 19.0. The molecular formula is C24H21F2IN4. The molecule has 4 aromatic rings. The Bertz CT molecular complexity index is 1280. The second-order valence-electron chi connectivity index (χ2n) is 6.99. The third-order valence-electron chi connectivity index (χ3n) is 5.10. The molecule has 2 aromatic heterocycles. The van der Waals surface area contributed by atoms with Gasteiger partial charge in [0.25, 0.3) is 0 Å². The number of nitrogens with one attached hydrogen (secondary N) is 1. The number of aromatic amines is 1. The van der Waals surface area contributed by atoms with E-state index in [2.05, 4.69) is 33.7 Å². The number of nitrogens with two attached hydrogens (primary N) is 1. The first-order valence-corrected chi connectivity index (χ1v) is 11.4. The van der Waals surface area contributed by atoms with Gasteiger partial charge >= 0.3 is 0 Å². The number of rotatable bonds is 6. The molecule has 2 heterocycles. The highest BCUT2D eigenvalue weighted by atomic mass is 127. The van der Waals surface area contributed by atoms with Gasteiger partial charge in [-0.25, -0.2) is 8.78 Å². The van der Waals surface area contributed by atoms with Gasteiger partial charge in [-0.05, 0) is 55.6 Å². The van der Waals surface area contributed by atoms with E-state index >= 15 is 0 Å². The quantitative estimate of drug-likeness (QED) is 0.175. The zero-order chi connectivity index (χ0) is 22.0. The fourth-order valence-corrected chi connectivity index (χ4v) is 4.13. The molecule has 0 saturated heterocycles. The number of H-pyrrole nitrogens is 1. The standard InChI is InChI=1S/C24H21F2IN4/c1-2-31-23(14-21(30-31)15(8-10-27)9-11-28)16-6-7-20-17(12-16)13-22(29-20)24-18(25)4-3-5-19(24)26/h3-9,11-14,29H,2,10,28H2,1H3/b11-9-,15-8+. The molecule has 4 rings (SSSR count). The number of hydrogen-bond donors (Lipinski definition) is 2. The Morgan fingerprint density at radius 1 is 1.16 bits per heavy atom. The minimum Gasteiger partial charge on any atom is -0.405 e. The number of hydrogen-bond acceptors (Lipinski definition) is 2. The van der Waals surface area contributed by atoms with E-state index in [0.29, 0.717) is 12.2 Å². The van der Waals surface area contributed by atoms with Crippen LogP contribution in [0.2, 0.25) is 0 Å².